The van der Waals surface area contributed by atoms with Crippen LogP contribution in [0, 0.1) is 0 Å². The van der Waals surface area contributed by atoms with Crippen LogP contribution in [0.25, 0.3) is 0 Å². The summed E-state index contributed by atoms with van der Waals surface area (Å²) in [7, 11) is 3.32. The molecule has 0 fully saturated rings. The van der Waals surface area contributed by atoms with Gasteiger partial charge in [-0.1, -0.05) is 41.4 Å². The smallest absolute Gasteiger partial charge is 0.411 e. The number of hydrogen-bond acceptors (Lipinski definition) is 3. The van der Waals surface area contributed by atoms with Crippen molar-refractivity contribution >= 4 is 46.7 Å². The molecule has 0 bridgehead atoms. The fraction of sp³-hybridized carbons (Fsp3) is 0.263. The molecule has 0 saturated heterocycles. The van der Waals surface area contributed by atoms with Crippen LogP contribution in [-0.4, -0.2) is 37.2 Å². The van der Waals surface area contributed by atoms with Gasteiger partial charge in [0.15, 0.2) is 0 Å². The fourth-order valence-corrected chi connectivity index (χ4v) is 1.99. The molecule has 8 heteroatoms. The molecule has 0 aliphatic carbocycles. The third-order valence-electron chi connectivity index (χ3n) is 2.94. The molecule has 0 unspecified atom stereocenters. The van der Waals surface area contributed by atoms with Crippen molar-refractivity contribution in [3.8, 4) is 0 Å². The predicted molar refractivity (Wildman–Crippen MR) is 111 cm³/mol. The molecule has 3 amide bonds. The summed E-state index contributed by atoms with van der Waals surface area (Å²) in [6.07, 6.45) is -0.509. The normalized spacial score (nSPS) is 9.74. The maximum absolute atomic E-state index is 11.2. The highest BCUT2D eigenvalue weighted by molar-refractivity contribution is 6.42. The minimum Gasteiger partial charge on any atom is -0.447 e. The van der Waals surface area contributed by atoms with Gasteiger partial charge in [0.1, 0.15) is 0 Å². The van der Waals surface area contributed by atoms with Crippen LogP contribution in [0.15, 0.2) is 48.5 Å². The van der Waals surface area contributed by atoms with Gasteiger partial charge in [-0.3, -0.25) is 5.32 Å². The first kappa shape index (κ1) is 22.6. The van der Waals surface area contributed by atoms with Crippen molar-refractivity contribution in [1.29, 1.82) is 0 Å². The van der Waals surface area contributed by atoms with E-state index in [1.165, 1.54) is 4.90 Å². The molecule has 0 aliphatic rings. The van der Waals surface area contributed by atoms with Crippen LogP contribution in [0.4, 0.5) is 21.0 Å². The van der Waals surface area contributed by atoms with E-state index in [1.807, 2.05) is 44.2 Å². The van der Waals surface area contributed by atoms with Crippen molar-refractivity contribution in [1.82, 2.24) is 4.90 Å². The highest BCUT2D eigenvalue weighted by atomic mass is 35.5. The van der Waals surface area contributed by atoms with Gasteiger partial charge in [0.05, 0.1) is 16.1 Å². The fourth-order valence-electron chi connectivity index (χ4n) is 1.69. The topological polar surface area (TPSA) is 70.7 Å². The Morgan fingerprint density at radius 1 is 0.926 bits per heavy atom. The van der Waals surface area contributed by atoms with Gasteiger partial charge in [0, 0.05) is 25.5 Å². The molecule has 0 aliphatic heterocycles. The standard InChI is InChI=1S/C10H13NO2.C9H10Cl2N2O/c1-8(2)13-10(12)11-9-6-4-3-5-7-9;1-13(2)9(14)12-6-3-4-7(10)8(11)5-6/h3-8H,1-2H3,(H,11,12);3-5H,1-2H3,(H,12,14). The van der Waals surface area contributed by atoms with Gasteiger partial charge < -0.3 is 15.0 Å². The first-order valence-electron chi connectivity index (χ1n) is 8.15. The Kier molecular flexibility index (Phi) is 9.47. The summed E-state index contributed by atoms with van der Waals surface area (Å²) in [4.78, 5) is 23.8. The van der Waals surface area contributed by atoms with Crippen LogP contribution in [0.5, 0.6) is 0 Å². The number of carbonyl (C=O) groups excluding carboxylic acids is 2. The minimum absolute atomic E-state index is 0.0938. The molecule has 0 spiro atoms. The molecule has 2 aromatic rings. The van der Waals surface area contributed by atoms with Crippen molar-refractivity contribution in [2.24, 2.45) is 0 Å². The SMILES string of the molecule is CC(C)OC(=O)Nc1ccccc1.CN(C)C(=O)Nc1ccc(Cl)c(Cl)c1. The molecular weight excluding hydrogens is 389 g/mol. The molecule has 146 valence electrons. The summed E-state index contributed by atoms with van der Waals surface area (Å²) in [6, 6.07) is 13.9. The zero-order valence-corrected chi connectivity index (χ0v) is 17.1. The molecular formula is C19H23Cl2N3O3. The second kappa shape index (κ2) is 11.3. The Balaban J connectivity index is 0.000000271. The Morgan fingerprint density at radius 2 is 1.56 bits per heavy atom. The van der Waals surface area contributed by atoms with Crippen molar-refractivity contribution in [3.63, 3.8) is 0 Å². The molecule has 27 heavy (non-hydrogen) atoms. The number of nitrogens with zero attached hydrogens (tertiary/aromatic N) is 1. The number of benzene rings is 2. The predicted octanol–water partition coefficient (Wildman–Crippen LogP) is 5.73. The van der Waals surface area contributed by atoms with E-state index in [1.54, 1.807) is 32.3 Å². The largest absolute Gasteiger partial charge is 0.447 e. The number of anilines is 2. The second-order valence-electron chi connectivity index (χ2n) is 5.90. The van der Waals surface area contributed by atoms with Crippen molar-refractivity contribution in [3.05, 3.63) is 58.6 Å². The van der Waals surface area contributed by atoms with Crippen molar-refractivity contribution in [2.45, 2.75) is 20.0 Å². The average Bonchev–Trinajstić information content (AvgIpc) is 2.58. The number of urea groups is 1. The van der Waals surface area contributed by atoms with E-state index in [4.69, 9.17) is 27.9 Å². The molecule has 2 rings (SSSR count). The summed E-state index contributed by atoms with van der Waals surface area (Å²) in [5.74, 6) is 0. The second-order valence-corrected chi connectivity index (χ2v) is 6.71. The van der Waals surface area contributed by atoms with Gasteiger partial charge in [-0.25, -0.2) is 9.59 Å². The maximum Gasteiger partial charge on any atom is 0.411 e. The number of amides is 3. The van der Waals surface area contributed by atoms with Crippen LogP contribution in [0.2, 0.25) is 10.0 Å². The quantitative estimate of drug-likeness (QED) is 0.676. The monoisotopic (exact) mass is 411 g/mol. The van der Waals surface area contributed by atoms with Crippen molar-refractivity contribution < 1.29 is 14.3 Å². The number of halogens is 2. The molecule has 2 aromatic carbocycles. The van der Waals surface area contributed by atoms with Gasteiger partial charge >= 0.3 is 12.1 Å². The number of carbonyl (C=O) groups is 2. The van der Waals surface area contributed by atoms with Gasteiger partial charge in [-0.2, -0.15) is 0 Å². The van der Waals surface area contributed by atoms with E-state index in [0.717, 1.165) is 5.69 Å². The van der Waals surface area contributed by atoms with Gasteiger partial charge in [-0.05, 0) is 44.2 Å². The van der Waals surface area contributed by atoms with E-state index < -0.39 is 6.09 Å². The van der Waals surface area contributed by atoms with Crippen molar-refractivity contribution in [2.75, 3.05) is 24.7 Å². The third kappa shape index (κ3) is 9.17. The minimum atomic E-state index is -0.416. The molecule has 6 nitrogen and oxygen atoms in total. The number of rotatable bonds is 3. The Bertz CT molecular complexity index is 753. The van der Waals surface area contributed by atoms with E-state index in [2.05, 4.69) is 10.6 Å². The zero-order valence-electron chi connectivity index (χ0n) is 15.6. The van der Waals surface area contributed by atoms with E-state index in [-0.39, 0.29) is 12.1 Å². The lowest BCUT2D eigenvalue weighted by molar-refractivity contribution is 0.130. The zero-order chi connectivity index (χ0) is 20.4. The lowest BCUT2D eigenvalue weighted by atomic mass is 10.3. The number of hydrogen-bond donors (Lipinski definition) is 2. The highest BCUT2D eigenvalue weighted by Gasteiger charge is 2.05. The molecule has 0 radical (unpaired) electrons. The van der Waals surface area contributed by atoms with E-state index in [9.17, 15) is 9.59 Å². The van der Waals surface area contributed by atoms with Gasteiger partial charge in [-0.15, -0.1) is 0 Å². The molecule has 0 saturated carbocycles. The van der Waals surface area contributed by atoms with E-state index in [0.29, 0.717) is 15.7 Å². The van der Waals surface area contributed by atoms with Crippen LogP contribution >= 0.6 is 23.2 Å². The third-order valence-corrected chi connectivity index (χ3v) is 3.68. The number of ether oxygens (including phenoxy) is 1. The molecule has 2 N–H and O–H groups in total. The summed E-state index contributed by atoms with van der Waals surface area (Å²) in [6.45, 7) is 3.62. The Hall–Kier alpha value is -2.44. The van der Waals surface area contributed by atoms with Crippen LogP contribution in [0.1, 0.15) is 13.8 Å². The first-order valence-corrected chi connectivity index (χ1v) is 8.90. The Morgan fingerprint density at radius 3 is 2.07 bits per heavy atom. The van der Waals surface area contributed by atoms with E-state index >= 15 is 0 Å². The summed E-state index contributed by atoms with van der Waals surface area (Å²) in [5.41, 5.74) is 1.37. The first-order chi connectivity index (χ1) is 12.7. The van der Waals surface area contributed by atoms with Crippen LogP contribution in [-0.2, 0) is 4.74 Å². The molecule has 0 aromatic heterocycles. The lowest BCUT2D eigenvalue weighted by Crippen LogP contribution is -2.27. The molecule has 0 heterocycles. The van der Waals surface area contributed by atoms with Crippen LogP contribution in [0.3, 0.4) is 0 Å². The van der Waals surface area contributed by atoms with Crippen LogP contribution < -0.4 is 10.6 Å². The summed E-state index contributed by atoms with van der Waals surface area (Å²) >= 11 is 11.5. The highest BCUT2D eigenvalue weighted by Crippen LogP contribution is 2.24. The maximum atomic E-state index is 11.2. The number of para-hydroxylation sites is 1. The number of nitrogens with one attached hydrogen (secondary N) is 2. The summed E-state index contributed by atoms with van der Waals surface area (Å²) < 4.78 is 4.90. The van der Waals surface area contributed by atoms with Gasteiger partial charge in [0.2, 0.25) is 0 Å². The van der Waals surface area contributed by atoms with Gasteiger partial charge in [0.25, 0.3) is 0 Å². The lowest BCUT2D eigenvalue weighted by Gasteiger charge is -2.12. The molecule has 0 atom stereocenters. The average molecular weight is 412 g/mol. The summed E-state index contributed by atoms with van der Waals surface area (Å²) in [5, 5.41) is 6.15. The Labute approximate surface area is 169 Å².